The van der Waals surface area contributed by atoms with Crippen LogP contribution in [-0.2, 0) is 9.47 Å². The summed E-state index contributed by atoms with van der Waals surface area (Å²) in [6, 6.07) is 11.4. The van der Waals surface area contributed by atoms with Gasteiger partial charge in [0.05, 0.1) is 6.04 Å². The molecule has 4 heterocycles. The van der Waals surface area contributed by atoms with E-state index >= 15 is 0 Å². The van der Waals surface area contributed by atoms with E-state index in [9.17, 15) is 9.18 Å². The van der Waals surface area contributed by atoms with Crippen LogP contribution in [0.2, 0.25) is 0 Å². The zero-order chi connectivity index (χ0) is 26.9. The van der Waals surface area contributed by atoms with Crippen molar-refractivity contribution < 1.29 is 18.7 Å². The van der Waals surface area contributed by atoms with Gasteiger partial charge in [-0.2, -0.15) is 4.39 Å². The molecule has 0 saturated carbocycles. The molecule has 2 saturated heterocycles. The molecule has 8 heteroatoms. The average molecular weight is 519 g/mol. The van der Waals surface area contributed by atoms with Crippen molar-refractivity contribution in [2.75, 3.05) is 25.5 Å². The quantitative estimate of drug-likeness (QED) is 0.397. The van der Waals surface area contributed by atoms with E-state index in [4.69, 9.17) is 15.2 Å². The number of pyridine rings is 2. The van der Waals surface area contributed by atoms with Gasteiger partial charge in [-0.3, -0.25) is 0 Å². The lowest BCUT2D eigenvalue weighted by molar-refractivity contribution is 0.0222. The number of anilines is 1. The molecule has 5 rings (SSSR count). The Hall–Kier alpha value is -3.52. The van der Waals surface area contributed by atoms with Gasteiger partial charge in [0.25, 0.3) is 0 Å². The summed E-state index contributed by atoms with van der Waals surface area (Å²) < 4.78 is 25.2. The monoisotopic (exact) mass is 518 g/mol. The number of aromatic nitrogens is 2. The average Bonchev–Trinajstić information content (AvgIpc) is 3.38. The van der Waals surface area contributed by atoms with Gasteiger partial charge in [-0.25, -0.2) is 14.8 Å². The summed E-state index contributed by atoms with van der Waals surface area (Å²) in [5.74, 6) is 0.123. The summed E-state index contributed by atoms with van der Waals surface area (Å²) in [6.45, 7) is 7.82. The number of ether oxygens (including phenoxy) is 2. The van der Waals surface area contributed by atoms with Gasteiger partial charge in [0.15, 0.2) is 0 Å². The molecule has 200 valence electrons. The Morgan fingerprint density at radius 1 is 1.03 bits per heavy atom. The van der Waals surface area contributed by atoms with Crippen molar-refractivity contribution >= 4 is 11.9 Å². The van der Waals surface area contributed by atoms with Gasteiger partial charge in [-0.1, -0.05) is 12.1 Å². The zero-order valence-corrected chi connectivity index (χ0v) is 22.2. The van der Waals surface area contributed by atoms with Crippen LogP contribution in [0.1, 0.15) is 69.5 Å². The molecule has 2 aromatic heterocycles. The van der Waals surface area contributed by atoms with Crippen LogP contribution in [0.4, 0.5) is 15.0 Å². The Morgan fingerprint density at radius 2 is 1.82 bits per heavy atom. The second-order valence-electron chi connectivity index (χ2n) is 11.1. The van der Waals surface area contributed by atoms with Gasteiger partial charge >= 0.3 is 6.09 Å². The van der Waals surface area contributed by atoms with E-state index in [1.807, 2.05) is 31.7 Å². The number of carbonyl (C=O) groups is 1. The van der Waals surface area contributed by atoms with Gasteiger partial charge in [0, 0.05) is 49.3 Å². The van der Waals surface area contributed by atoms with Gasteiger partial charge < -0.3 is 20.1 Å². The van der Waals surface area contributed by atoms with Crippen molar-refractivity contribution in [3.05, 3.63) is 65.9 Å². The van der Waals surface area contributed by atoms with Crippen LogP contribution in [-0.4, -0.2) is 46.3 Å². The predicted molar refractivity (Wildman–Crippen MR) is 145 cm³/mol. The topological polar surface area (TPSA) is 90.6 Å². The van der Waals surface area contributed by atoms with E-state index in [1.165, 1.54) is 17.8 Å². The molecule has 1 atom stereocenters. The minimum absolute atomic E-state index is 0.0712. The molecule has 2 aliphatic heterocycles. The maximum Gasteiger partial charge on any atom is 0.410 e. The summed E-state index contributed by atoms with van der Waals surface area (Å²) in [6.07, 6.45) is 6.58. The second kappa shape index (κ2) is 10.7. The number of hydrogen-bond acceptors (Lipinski definition) is 6. The second-order valence-corrected chi connectivity index (χ2v) is 11.1. The Morgan fingerprint density at radius 3 is 2.55 bits per heavy atom. The number of likely N-dealkylation sites (tertiary alicyclic amines) is 1. The highest BCUT2D eigenvalue weighted by atomic mass is 19.1. The van der Waals surface area contributed by atoms with Crippen LogP contribution in [0.5, 0.6) is 0 Å². The van der Waals surface area contributed by atoms with Crippen molar-refractivity contribution in [1.29, 1.82) is 0 Å². The predicted octanol–water partition coefficient (Wildman–Crippen LogP) is 6.50. The van der Waals surface area contributed by atoms with E-state index in [-0.39, 0.29) is 12.1 Å². The number of rotatable bonds is 4. The fourth-order valence-corrected chi connectivity index (χ4v) is 5.49. The number of amides is 1. The number of nitrogen functional groups attached to an aromatic ring is 1. The van der Waals surface area contributed by atoms with Crippen molar-refractivity contribution in [2.24, 2.45) is 0 Å². The molecule has 0 spiro atoms. The minimum Gasteiger partial charge on any atom is -0.444 e. The summed E-state index contributed by atoms with van der Waals surface area (Å²) >= 11 is 0. The summed E-state index contributed by atoms with van der Waals surface area (Å²) in [4.78, 5) is 23.1. The maximum atomic E-state index is 13.8. The number of hydrogen-bond donors (Lipinski definition) is 1. The van der Waals surface area contributed by atoms with Crippen molar-refractivity contribution in [1.82, 2.24) is 14.9 Å². The lowest BCUT2D eigenvalue weighted by atomic mass is 9.83. The van der Waals surface area contributed by atoms with E-state index in [1.54, 1.807) is 12.3 Å². The maximum absolute atomic E-state index is 13.8. The van der Waals surface area contributed by atoms with Gasteiger partial charge in [-0.05, 0) is 92.8 Å². The third-order valence-corrected chi connectivity index (χ3v) is 7.28. The van der Waals surface area contributed by atoms with Crippen molar-refractivity contribution in [2.45, 2.75) is 64.0 Å². The molecule has 1 amide bonds. The number of halogens is 1. The van der Waals surface area contributed by atoms with Gasteiger partial charge in [0.1, 0.15) is 11.4 Å². The fraction of sp³-hybridized carbons (Fsp3) is 0.433. The van der Waals surface area contributed by atoms with Crippen LogP contribution < -0.4 is 5.73 Å². The highest BCUT2D eigenvalue weighted by Crippen LogP contribution is 2.42. The number of nitrogens with two attached hydrogens (primary N) is 1. The summed E-state index contributed by atoms with van der Waals surface area (Å²) in [7, 11) is 0. The highest BCUT2D eigenvalue weighted by Gasteiger charge is 2.35. The molecular formula is C30H35FN4O3. The Labute approximate surface area is 223 Å². The zero-order valence-electron chi connectivity index (χ0n) is 22.2. The minimum atomic E-state index is -0.570. The number of nitrogens with zero attached hydrogens (tertiary/aromatic N) is 3. The molecule has 2 fully saturated rings. The largest absolute Gasteiger partial charge is 0.444 e. The number of benzene rings is 1. The normalized spacial score (nSPS) is 18.5. The first-order valence-electron chi connectivity index (χ1n) is 13.3. The van der Waals surface area contributed by atoms with Crippen LogP contribution in [0.15, 0.2) is 48.8 Å². The summed E-state index contributed by atoms with van der Waals surface area (Å²) in [5, 5.41) is 0. The lowest BCUT2D eigenvalue weighted by Crippen LogP contribution is -2.36. The Balaban J connectivity index is 1.56. The molecule has 3 aromatic rings. The summed E-state index contributed by atoms with van der Waals surface area (Å²) in [5.41, 5.74) is 11.1. The first-order chi connectivity index (χ1) is 18.2. The third kappa shape index (κ3) is 5.65. The molecule has 0 radical (unpaired) electrons. The lowest BCUT2D eigenvalue weighted by Gasteiger charge is -2.32. The van der Waals surface area contributed by atoms with Crippen molar-refractivity contribution in [3.63, 3.8) is 0 Å². The number of carbonyl (C=O) groups excluding carboxylic acids is 1. The van der Waals surface area contributed by atoms with Crippen molar-refractivity contribution in [3.8, 4) is 22.3 Å². The van der Waals surface area contributed by atoms with Crippen LogP contribution in [0, 0.1) is 5.95 Å². The molecule has 0 aliphatic carbocycles. The molecule has 7 nitrogen and oxygen atoms in total. The van der Waals surface area contributed by atoms with Crippen LogP contribution >= 0.6 is 0 Å². The highest BCUT2D eigenvalue weighted by molar-refractivity contribution is 5.79. The third-order valence-electron chi connectivity index (χ3n) is 7.28. The van der Waals surface area contributed by atoms with E-state index < -0.39 is 11.5 Å². The Bertz CT molecular complexity index is 1320. The van der Waals surface area contributed by atoms with E-state index in [0.717, 1.165) is 55.6 Å². The molecule has 2 N–H and O–H groups in total. The van der Waals surface area contributed by atoms with E-state index in [0.29, 0.717) is 29.4 Å². The van der Waals surface area contributed by atoms with Crippen LogP contribution in [0.25, 0.3) is 22.3 Å². The standard InChI is InChI=1S/C30H35FN4O3/c1-30(2,3)38-29(36)35-12-4-5-26(35)25-15-20(6-7-23(25)19-9-13-37-14-10-19)22-16-24(28(32)34-18-22)21-8-11-33-27(31)17-21/h6-8,11,15-19,26H,4-5,9-10,12-14H2,1-3H3,(H2,32,34)/t26-/m0/s1. The van der Waals surface area contributed by atoms with Gasteiger partial charge in [0.2, 0.25) is 5.95 Å². The molecule has 0 unspecified atom stereocenters. The smallest absolute Gasteiger partial charge is 0.410 e. The van der Waals surface area contributed by atoms with Crippen LogP contribution in [0.3, 0.4) is 0 Å². The first-order valence-corrected chi connectivity index (χ1v) is 13.3. The molecule has 2 aliphatic rings. The SMILES string of the molecule is CC(C)(C)OC(=O)N1CCC[C@H]1c1cc(-c2cnc(N)c(-c3ccnc(F)c3)c2)ccc1C1CCOCC1. The molecular weight excluding hydrogens is 483 g/mol. The molecule has 1 aromatic carbocycles. The Kier molecular flexibility index (Phi) is 7.34. The molecule has 0 bridgehead atoms. The molecule has 38 heavy (non-hydrogen) atoms. The van der Waals surface area contributed by atoms with E-state index in [2.05, 4.69) is 28.2 Å². The fourth-order valence-electron chi connectivity index (χ4n) is 5.49. The van der Waals surface area contributed by atoms with Gasteiger partial charge in [-0.15, -0.1) is 0 Å². The first kappa shape index (κ1) is 26.1.